The van der Waals surface area contributed by atoms with Crippen LogP contribution in [0, 0.1) is 0 Å². The number of ether oxygens (including phenoxy) is 2. The van der Waals surface area contributed by atoms with Crippen molar-refractivity contribution in [2.75, 3.05) is 20.0 Å². The van der Waals surface area contributed by atoms with Crippen LogP contribution >= 0.6 is 15.9 Å². The van der Waals surface area contributed by atoms with Crippen LogP contribution in [0.2, 0.25) is 0 Å². The lowest BCUT2D eigenvalue weighted by Gasteiger charge is -2.12. The molecule has 0 aromatic heterocycles. The van der Waals surface area contributed by atoms with Gasteiger partial charge < -0.3 is 15.2 Å². The second-order valence-electron chi connectivity index (χ2n) is 4.10. The Morgan fingerprint density at radius 1 is 1.10 bits per heavy atom. The number of carbonyl (C=O) groups is 1. The number of benzene rings is 2. The molecule has 4 nitrogen and oxygen atoms in total. The van der Waals surface area contributed by atoms with Gasteiger partial charge in [0.15, 0.2) is 0 Å². The van der Waals surface area contributed by atoms with Gasteiger partial charge in [-0.3, -0.25) is 4.79 Å². The molecule has 0 aliphatic heterocycles. The van der Waals surface area contributed by atoms with Crippen molar-refractivity contribution in [3.05, 3.63) is 52.0 Å². The van der Waals surface area contributed by atoms with E-state index in [9.17, 15) is 4.79 Å². The van der Waals surface area contributed by atoms with Gasteiger partial charge in [-0.2, -0.15) is 0 Å². The van der Waals surface area contributed by atoms with Gasteiger partial charge in [-0.25, -0.2) is 0 Å². The monoisotopic (exact) mass is 335 g/mol. The number of rotatable bonds is 4. The molecule has 0 spiro atoms. The normalized spacial score (nSPS) is 10.2. The first-order valence-electron chi connectivity index (χ1n) is 5.89. The predicted octanol–water partition coefficient (Wildman–Crippen LogP) is 3.28. The molecule has 2 N–H and O–H groups in total. The number of hydrogen-bond donors (Lipinski definition) is 1. The van der Waals surface area contributed by atoms with E-state index in [-0.39, 0.29) is 5.78 Å². The third-order valence-electron chi connectivity index (χ3n) is 2.91. The fourth-order valence-electron chi connectivity index (χ4n) is 1.95. The number of nitrogens with two attached hydrogens (primary N) is 1. The number of hydrogen-bond acceptors (Lipinski definition) is 4. The van der Waals surface area contributed by atoms with Gasteiger partial charge in [0.25, 0.3) is 0 Å². The SMILES string of the molecule is COc1ccc(Br)cc1C(=O)c1c(N)cccc1OC. The summed E-state index contributed by atoms with van der Waals surface area (Å²) in [5.74, 6) is 0.693. The maximum Gasteiger partial charge on any atom is 0.202 e. The van der Waals surface area contributed by atoms with Crippen LogP contribution in [0.3, 0.4) is 0 Å². The summed E-state index contributed by atoms with van der Waals surface area (Å²) in [6.07, 6.45) is 0. The molecule has 0 aliphatic rings. The van der Waals surface area contributed by atoms with Gasteiger partial charge in [0.05, 0.1) is 25.3 Å². The van der Waals surface area contributed by atoms with Crippen LogP contribution in [0.25, 0.3) is 0 Å². The van der Waals surface area contributed by atoms with E-state index in [0.29, 0.717) is 28.3 Å². The van der Waals surface area contributed by atoms with Crippen LogP contribution in [0.5, 0.6) is 11.5 Å². The van der Waals surface area contributed by atoms with Gasteiger partial charge >= 0.3 is 0 Å². The van der Waals surface area contributed by atoms with Crippen molar-refractivity contribution in [1.29, 1.82) is 0 Å². The summed E-state index contributed by atoms with van der Waals surface area (Å²) in [6, 6.07) is 10.3. The minimum atomic E-state index is -0.238. The summed E-state index contributed by atoms with van der Waals surface area (Å²) < 4.78 is 11.2. The van der Waals surface area contributed by atoms with Crippen molar-refractivity contribution in [2.45, 2.75) is 0 Å². The van der Waals surface area contributed by atoms with Crippen LogP contribution in [-0.2, 0) is 0 Å². The third kappa shape index (κ3) is 2.63. The van der Waals surface area contributed by atoms with E-state index in [4.69, 9.17) is 15.2 Å². The van der Waals surface area contributed by atoms with Gasteiger partial charge in [0.1, 0.15) is 11.5 Å². The second-order valence-corrected chi connectivity index (χ2v) is 5.01. The molecule has 0 atom stereocenters. The van der Waals surface area contributed by atoms with Crippen LogP contribution in [-0.4, -0.2) is 20.0 Å². The average Bonchev–Trinajstić information content (AvgIpc) is 2.46. The Labute approximate surface area is 125 Å². The van der Waals surface area contributed by atoms with E-state index in [1.54, 1.807) is 36.4 Å². The Hall–Kier alpha value is -2.01. The first-order valence-corrected chi connectivity index (χ1v) is 6.68. The molecule has 0 fully saturated rings. The first kappa shape index (κ1) is 14.4. The number of carbonyl (C=O) groups excluding carboxylic acids is 1. The van der Waals surface area contributed by atoms with E-state index in [0.717, 1.165) is 4.47 Å². The van der Waals surface area contributed by atoms with Gasteiger partial charge in [0.2, 0.25) is 5.78 Å². The molecule has 5 heteroatoms. The van der Waals surface area contributed by atoms with Crippen molar-refractivity contribution in [1.82, 2.24) is 0 Å². The Bertz CT molecular complexity index is 656. The highest BCUT2D eigenvalue weighted by molar-refractivity contribution is 9.10. The van der Waals surface area contributed by atoms with Crippen LogP contribution in [0.1, 0.15) is 15.9 Å². The van der Waals surface area contributed by atoms with Crippen LogP contribution in [0.15, 0.2) is 40.9 Å². The minimum Gasteiger partial charge on any atom is -0.496 e. The zero-order valence-corrected chi connectivity index (χ0v) is 12.7. The quantitative estimate of drug-likeness (QED) is 0.688. The van der Waals surface area contributed by atoms with Crippen LogP contribution in [0.4, 0.5) is 5.69 Å². The van der Waals surface area contributed by atoms with Gasteiger partial charge in [0, 0.05) is 10.2 Å². The summed E-state index contributed by atoms with van der Waals surface area (Å²) in [7, 11) is 3.02. The molecule has 2 aromatic carbocycles. The summed E-state index contributed by atoms with van der Waals surface area (Å²) in [6.45, 7) is 0. The molecule has 0 radical (unpaired) electrons. The molecule has 0 heterocycles. The minimum absolute atomic E-state index is 0.238. The van der Waals surface area contributed by atoms with E-state index >= 15 is 0 Å². The second kappa shape index (κ2) is 5.96. The summed E-state index contributed by atoms with van der Waals surface area (Å²) in [5, 5.41) is 0. The molecule has 0 unspecified atom stereocenters. The van der Waals surface area contributed by atoms with Gasteiger partial charge in [-0.15, -0.1) is 0 Å². The summed E-state index contributed by atoms with van der Waals surface area (Å²) in [4.78, 5) is 12.7. The van der Waals surface area contributed by atoms with Crippen molar-refractivity contribution in [3.8, 4) is 11.5 Å². The molecule has 104 valence electrons. The van der Waals surface area contributed by atoms with E-state index in [1.807, 2.05) is 0 Å². The molecular weight excluding hydrogens is 322 g/mol. The highest BCUT2D eigenvalue weighted by Gasteiger charge is 2.21. The molecule has 0 amide bonds. The van der Waals surface area contributed by atoms with E-state index in [1.165, 1.54) is 14.2 Å². The first-order chi connectivity index (χ1) is 9.58. The third-order valence-corrected chi connectivity index (χ3v) is 3.40. The number of anilines is 1. The Kier molecular flexibility index (Phi) is 4.29. The lowest BCUT2D eigenvalue weighted by atomic mass is 10.00. The average molecular weight is 336 g/mol. The zero-order chi connectivity index (χ0) is 14.7. The van der Waals surface area contributed by atoms with Gasteiger partial charge in [-0.1, -0.05) is 22.0 Å². The standard InChI is InChI=1S/C15H14BrNO3/c1-19-12-7-6-9(16)8-10(12)15(18)14-11(17)4-3-5-13(14)20-2/h3-8H,17H2,1-2H3. The maximum atomic E-state index is 12.7. The molecule has 0 bridgehead atoms. The smallest absolute Gasteiger partial charge is 0.202 e. The number of nitrogen functional groups attached to an aromatic ring is 1. The van der Waals surface area contributed by atoms with Crippen molar-refractivity contribution >= 4 is 27.4 Å². The Morgan fingerprint density at radius 3 is 2.45 bits per heavy atom. The highest BCUT2D eigenvalue weighted by Crippen LogP contribution is 2.31. The molecule has 2 rings (SSSR count). The fraction of sp³-hybridized carbons (Fsp3) is 0.133. The number of methoxy groups -OCH3 is 2. The lowest BCUT2D eigenvalue weighted by Crippen LogP contribution is -2.09. The highest BCUT2D eigenvalue weighted by atomic mass is 79.9. The largest absolute Gasteiger partial charge is 0.496 e. The summed E-state index contributed by atoms with van der Waals surface area (Å²) in [5.41, 5.74) is 7.05. The predicted molar refractivity (Wildman–Crippen MR) is 81.5 cm³/mol. The molecule has 0 saturated carbocycles. The van der Waals surface area contributed by atoms with Crippen molar-refractivity contribution in [3.63, 3.8) is 0 Å². The van der Waals surface area contributed by atoms with E-state index in [2.05, 4.69) is 15.9 Å². The van der Waals surface area contributed by atoms with Gasteiger partial charge in [-0.05, 0) is 30.3 Å². The zero-order valence-electron chi connectivity index (χ0n) is 11.1. The Morgan fingerprint density at radius 2 is 1.80 bits per heavy atom. The number of halogens is 1. The van der Waals surface area contributed by atoms with Crippen molar-refractivity contribution in [2.24, 2.45) is 0 Å². The molecule has 20 heavy (non-hydrogen) atoms. The van der Waals surface area contributed by atoms with E-state index < -0.39 is 0 Å². The topological polar surface area (TPSA) is 61.5 Å². The maximum absolute atomic E-state index is 12.7. The number of ketones is 1. The van der Waals surface area contributed by atoms with Crippen molar-refractivity contribution < 1.29 is 14.3 Å². The Balaban J connectivity index is 2.60. The fourth-order valence-corrected chi connectivity index (χ4v) is 2.31. The lowest BCUT2D eigenvalue weighted by molar-refractivity contribution is 0.103. The molecule has 0 saturated heterocycles. The van der Waals surface area contributed by atoms with Crippen LogP contribution < -0.4 is 15.2 Å². The molecular formula is C15H14BrNO3. The molecule has 2 aromatic rings. The molecule has 0 aliphatic carbocycles. The summed E-state index contributed by atoms with van der Waals surface area (Å²) >= 11 is 3.35.